The highest BCUT2D eigenvalue weighted by atomic mass is 16.5. The highest BCUT2D eigenvalue weighted by Crippen LogP contribution is 2.37. The van der Waals surface area contributed by atoms with Crippen LogP contribution in [0, 0.1) is 5.92 Å². The van der Waals surface area contributed by atoms with E-state index in [1.54, 1.807) is 19.2 Å². The Morgan fingerprint density at radius 3 is 2.87 bits per heavy atom. The van der Waals surface area contributed by atoms with Gasteiger partial charge in [0.25, 0.3) is 0 Å². The standard InChI is InChI=1S/C23H26N2O6/c1-29-12-13-9-18(23(28)30-2)20(10-13)24-21(27)8-7-19-17-5-3-14-11-15(26)4-6-16(14)22(17)31-25-19/h4,6,11,13,26H,3,5,7-10,12H2,1-2H3,(H,24,27). The molecule has 2 N–H and O–H groups in total. The van der Waals surface area contributed by atoms with Crippen molar-refractivity contribution in [3.05, 3.63) is 46.3 Å². The quantitative estimate of drug-likeness (QED) is 0.655. The van der Waals surface area contributed by atoms with E-state index in [-0.39, 0.29) is 24.0 Å². The van der Waals surface area contributed by atoms with Crippen molar-refractivity contribution < 1.29 is 28.7 Å². The second-order valence-corrected chi connectivity index (χ2v) is 8.00. The zero-order chi connectivity index (χ0) is 22.0. The Bertz CT molecular complexity index is 1040. The molecular formula is C23H26N2O6. The minimum Gasteiger partial charge on any atom is -0.508 e. The molecule has 1 heterocycles. The summed E-state index contributed by atoms with van der Waals surface area (Å²) in [6.07, 6.45) is 3.32. The van der Waals surface area contributed by atoms with E-state index in [1.165, 1.54) is 7.11 Å². The number of benzene rings is 1. The third-order valence-corrected chi connectivity index (χ3v) is 5.91. The lowest BCUT2D eigenvalue weighted by atomic mass is 9.89. The van der Waals surface area contributed by atoms with Gasteiger partial charge in [0.2, 0.25) is 5.91 Å². The summed E-state index contributed by atoms with van der Waals surface area (Å²) in [6.45, 7) is 0.518. The van der Waals surface area contributed by atoms with Crippen molar-refractivity contribution in [1.29, 1.82) is 0 Å². The monoisotopic (exact) mass is 426 g/mol. The summed E-state index contributed by atoms with van der Waals surface area (Å²) in [5.41, 5.74) is 4.88. The largest absolute Gasteiger partial charge is 0.508 e. The smallest absolute Gasteiger partial charge is 0.335 e. The first kappa shape index (κ1) is 21.1. The Labute approximate surface area is 180 Å². The number of carbonyl (C=O) groups excluding carboxylic acids is 2. The van der Waals surface area contributed by atoms with Crippen LogP contribution >= 0.6 is 0 Å². The van der Waals surface area contributed by atoms with Crippen LogP contribution in [-0.2, 0) is 38.3 Å². The second kappa shape index (κ2) is 8.93. The Morgan fingerprint density at radius 1 is 1.26 bits per heavy atom. The van der Waals surface area contributed by atoms with E-state index in [9.17, 15) is 14.7 Å². The molecule has 0 radical (unpaired) electrons. The molecule has 0 saturated carbocycles. The number of allylic oxidation sites excluding steroid dienone is 1. The maximum absolute atomic E-state index is 12.6. The van der Waals surface area contributed by atoms with E-state index in [2.05, 4.69) is 10.5 Å². The van der Waals surface area contributed by atoms with Crippen LogP contribution in [0.1, 0.15) is 36.1 Å². The van der Waals surface area contributed by atoms with Crippen LogP contribution in [0.2, 0.25) is 0 Å². The highest BCUT2D eigenvalue weighted by molar-refractivity contribution is 5.91. The van der Waals surface area contributed by atoms with Crippen molar-refractivity contribution in [3.8, 4) is 17.1 Å². The van der Waals surface area contributed by atoms with Gasteiger partial charge in [-0.3, -0.25) is 4.79 Å². The molecule has 2 aromatic rings. The molecule has 1 aromatic heterocycles. The molecule has 1 atom stereocenters. The van der Waals surface area contributed by atoms with E-state index < -0.39 is 5.97 Å². The van der Waals surface area contributed by atoms with Gasteiger partial charge in [0, 0.05) is 43.4 Å². The molecule has 8 heteroatoms. The first-order valence-electron chi connectivity index (χ1n) is 10.4. The number of rotatable bonds is 7. The fourth-order valence-electron chi connectivity index (χ4n) is 4.44. The Balaban J connectivity index is 1.42. The van der Waals surface area contributed by atoms with Gasteiger partial charge in [-0.05, 0) is 55.4 Å². The number of carbonyl (C=O) groups is 2. The molecule has 2 aliphatic rings. The van der Waals surface area contributed by atoms with E-state index in [0.717, 1.165) is 35.2 Å². The van der Waals surface area contributed by atoms with Crippen LogP contribution in [0.15, 0.2) is 34.0 Å². The number of phenolic OH excluding ortho intramolecular Hbond substituents is 1. The molecule has 1 unspecified atom stereocenters. The number of aromatic hydroxyl groups is 1. The van der Waals surface area contributed by atoms with E-state index in [1.807, 2.05) is 6.07 Å². The average Bonchev–Trinajstić information content (AvgIpc) is 3.35. The van der Waals surface area contributed by atoms with Gasteiger partial charge in [0.1, 0.15) is 5.75 Å². The van der Waals surface area contributed by atoms with Crippen molar-refractivity contribution in [2.24, 2.45) is 5.92 Å². The van der Waals surface area contributed by atoms with E-state index in [0.29, 0.717) is 42.9 Å². The number of hydrogen-bond donors (Lipinski definition) is 2. The number of methoxy groups -OCH3 is 2. The number of nitrogens with one attached hydrogen (secondary N) is 1. The minimum atomic E-state index is -0.413. The molecule has 0 fully saturated rings. The summed E-state index contributed by atoms with van der Waals surface area (Å²) in [5.74, 6) is 0.512. The van der Waals surface area contributed by atoms with Crippen LogP contribution in [0.5, 0.6) is 5.75 Å². The second-order valence-electron chi connectivity index (χ2n) is 8.00. The minimum absolute atomic E-state index is 0.150. The van der Waals surface area contributed by atoms with Crippen molar-refractivity contribution in [3.63, 3.8) is 0 Å². The van der Waals surface area contributed by atoms with Gasteiger partial charge < -0.3 is 24.4 Å². The lowest BCUT2D eigenvalue weighted by Crippen LogP contribution is -2.25. The summed E-state index contributed by atoms with van der Waals surface area (Å²) in [5, 5.41) is 16.8. The number of ether oxygens (including phenoxy) is 2. The summed E-state index contributed by atoms with van der Waals surface area (Å²) >= 11 is 0. The molecule has 0 spiro atoms. The van der Waals surface area contributed by atoms with Crippen LogP contribution < -0.4 is 5.32 Å². The SMILES string of the molecule is COCC1CC(NC(=O)CCc2noc3c2CCc2cc(O)ccc2-3)=C(C(=O)OC)C1. The topological polar surface area (TPSA) is 111 Å². The number of hydrogen-bond acceptors (Lipinski definition) is 7. The normalized spacial score (nSPS) is 17.3. The molecule has 164 valence electrons. The number of aryl methyl sites for hydroxylation is 2. The van der Waals surface area contributed by atoms with Crippen LogP contribution in [0.4, 0.5) is 0 Å². The van der Waals surface area contributed by atoms with E-state index in [4.69, 9.17) is 14.0 Å². The van der Waals surface area contributed by atoms with Crippen molar-refractivity contribution in [2.75, 3.05) is 20.8 Å². The molecule has 1 amide bonds. The summed E-state index contributed by atoms with van der Waals surface area (Å²) in [4.78, 5) is 24.7. The number of amides is 1. The molecule has 31 heavy (non-hydrogen) atoms. The van der Waals surface area contributed by atoms with Gasteiger partial charge in [-0.2, -0.15) is 0 Å². The average molecular weight is 426 g/mol. The lowest BCUT2D eigenvalue weighted by molar-refractivity contribution is -0.136. The number of phenols is 1. The lowest BCUT2D eigenvalue weighted by Gasteiger charge is -2.15. The van der Waals surface area contributed by atoms with Gasteiger partial charge >= 0.3 is 5.97 Å². The number of aromatic nitrogens is 1. The van der Waals surface area contributed by atoms with Gasteiger partial charge in [-0.25, -0.2) is 4.79 Å². The van der Waals surface area contributed by atoms with Crippen LogP contribution in [0.25, 0.3) is 11.3 Å². The molecule has 0 saturated heterocycles. The predicted octanol–water partition coefficient (Wildman–Crippen LogP) is 2.68. The molecule has 0 bridgehead atoms. The van der Waals surface area contributed by atoms with Gasteiger partial charge in [-0.1, -0.05) is 5.16 Å². The van der Waals surface area contributed by atoms with Crippen molar-refractivity contribution >= 4 is 11.9 Å². The van der Waals surface area contributed by atoms with Crippen LogP contribution in [0.3, 0.4) is 0 Å². The molecular weight excluding hydrogens is 400 g/mol. The van der Waals surface area contributed by atoms with Gasteiger partial charge in [0.15, 0.2) is 5.76 Å². The molecule has 4 rings (SSSR count). The van der Waals surface area contributed by atoms with E-state index >= 15 is 0 Å². The fourth-order valence-corrected chi connectivity index (χ4v) is 4.44. The van der Waals surface area contributed by atoms with Gasteiger partial charge in [0.05, 0.1) is 18.4 Å². The Kier molecular flexibility index (Phi) is 6.08. The zero-order valence-electron chi connectivity index (χ0n) is 17.7. The molecule has 0 aliphatic heterocycles. The Morgan fingerprint density at radius 2 is 2.10 bits per heavy atom. The molecule has 2 aliphatic carbocycles. The zero-order valence-corrected chi connectivity index (χ0v) is 17.7. The predicted molar refractivity (Wildman–Crippen MR) is 111 cm³/mol. The fraction of sp³-hybridized carbons (Fsp3) is 0.435. The van der Waals surface area contributed by atoms with Crippen LogP contribution in [-0.4, -0.2) is 43.0 Å². The summed E-state index contributed by atoms with van der Waals surface area (Å²) in [7, 11) is 2.96. The third kappa shape index (κ3) is 4.34. The maximum atomic E-state index is 12.6. The van der Waals surface area contributed by atoms with Crippen molar-refractivity contribution in [2.45, 2.75) is 38.5 Å². The Hall–Kier alpha value is -3.13. The first-order valence-corrected chi connectivity index (χ1v) is 10.4. The van der Waals surface area contributed by atoms with Crippen molar-refractivity contribution in [1.82, 2.24) is 10.5 Å². The summed E-state index contributed by atoms with van der Waals surface area (Å²) < 4.78 is 15.6. The molecule has 1 aromatic carbocycles. The third-order valence-electron chi connectivity index (χ3n) is 5.91. The van der Waals surface area contributed by atoms with Gasteiger partial charge in [-0.15, -0.1) is 0 Å². The number of fused-ring (bicyclic) bond motifs is 3. The molecule has 8 nitrogen and oxygen atoms in total. The first-order chi connectivity index (χ1) is 15.0. The number of nitrogens with zero attached hydrogens (tertiary/aromatic N) is 1. The highest BCUT2D eigenvalue weighted by Gasteiger charge is 2.30. The summed E-state index contributed by atoms with van der Waals surface area (Å²) in [6, 6.07) is 5.22. The maximum Gasteiger partial charge on any atom is 0.335 e. The number of esters is 1.